The Labute approximate surface area is 143 Å². The van der Waals surface area contributed by atoms with Crippen LogP contribution in [0, 0.1) is 6.92 Å². The highest BCUT2D eigenvalue weighted by Crippen LogP contribution is 2.23. The van der Waals surface area contributed by atoms with Crippen molar-refractivity contribution in [3.8, 4) is 0 Å². The number of urea groups is 1. The third kappa shape index (κ3) is 4.86. The van der Waals surface area contributed by atoms with E-state index >= 15 is 0 Å². The fraction of sp³-hybridized carbons (Fsp3) is 0.588. The van der Waals surface area contributed by atoms with Gasteiger partial charge in [-0.2, -0.15) is 0 Å². The summed E-state index contributed by atoms with van der Waals surface area (Å²) >= 11 is 1.67. The number of piperazine rings is 1. The minimum absolute atomic E-state index is 0.0458. The molecule has 128 valence electrons. The van der Waals surface area contributed by atoms with Gasteiger partial charge in [-0.05, 0) is 44.7 Å². The van der Waals surface area contributed by atoms with E-state index in [-0.39, 0.29) is 18.2 Å². The van der Waals surface area contributed by atoms with Crippen molar-refractivity contribution in [3.05, 3.63) is 23.8 Å². The van der Waals surface area contributed by atoms with E-state index < -0.39 is 0 Å². The standard InChI is InChI=1S/C17H27N3O2S/c1-12-5-6-15(23-4)9-16(12)18-17(22)20-8-7-19(10-13(20)2)11-14(3)21/h5-6,9,13-14,21H,7-8,10-11H2,1-4H3,(H,18,22)/t13-,14-/m0/s1. The summed E-state index contributed by atoms with van der Waals surface area (Å²) in [7, 11) is 0. The Morgan fingerprint density at radius 3 is 2.83 bits per heavy atom. The zero-order valence-corrected chi connectivity index (χ0v) is 15.2. The number of rotatable bonds is 4. The van der Waals surface area contributed by atoms with E-state index in [9.17, 15) is 9.90 Å². The molecular formula is C17H27N3O2S. The van der Waals surface area contributed by atoms with Gasteiger partial charge in [0.2, 0.25) is 0 Å². The van der Waals surface area contributed by atoms with Gasteiger partial charge in [-0.25, -0.2) is 4.79 Å². The highest BCUT2D eigenvalue weighted by Gasteiger charge is 2.28. The third-order valence-corrected chi connectivity index (χ3v) is 4.91. The number of nitrogens with zero attached hydrogens (tertiary/aromatic N) is 2. The van der Waals surface area contributed by atoms with Crippen molar-refractivity contribution in [3.63, 3.8) is 0 Å². The summed E-state index contributed by atoms with van der Waals surface area (Å²) in [5.41, 5.74) is 1.94. The van der Waals surface area contributed by atoms with Gasteiger partial charge in [0.25, 0.3) is 0 Å². The number of β-amino-alcohol motifs (C(OH)–C–C–N with tert-alkyl or cyclic N) is 1. The molecular weight excluding hydrogens is 310 g/mol. The topological polar surface area (TPSA) is 55.8 Å². The molecule has 0 radical (unpaired) electrons. The van der Waals surface area contributed by atoms with Gasteiger partial charge >= 0.3 is 6.03 Å². The Bertz CT molecular complexity index is 551. The molecule has 0 saturated carbocycles. The quantitative estimate of drug-likeness (QED) is 0.830. The van der Waals surface area contributed by atoms with Crippen LogP contribution in [0.4, 0.5) is 10.5 Å². The van der Waals surface area contributed by atoms with Crippen molar-refractivity contribution in [1.29, 1.82) is 0 Å². The van der Waals surface area contributed by atoms with Gasteiger partial charge in [0.05, 0.1) is 6.10 Å². The minimum atomic E-state index is -0.334. The molecule has 0 bridgehead atoms. The molecule has 1 aliphatic rings. The number of anilines is 1. The number of nitrogens with one attached hydrogen (secondary N) is 1. The number of aryl methyl sites for hydroxylation is 1. The second-order valence-corrected chi connectivity index (χ2v) is 7.14. The maximum atomic E-state index is 12.6. The average molecular weight is 337 g/mol. The second kappa shape index (κ2) is 8.04. The first-order chi connectivity index (χ1) is 10.9. The highest BCUT2D eigenvalue weighted by molar-refractivity contribution is 7.98. The lowest BCUT2D eigenvalue weighted by Crippen LogP contribution is -2.56. The van der Waals surface area contributed by atoms with Crippen LogP contribution in [-0.2, 0) is 0 Å². The van der Waals surface area contributed by atoms with Crippen molar-refractivity contribution < 1.29 is 9.90 Å². The Morgan fingerprint density at radius 2 is 2.22 bits per heavy atom. The minimum Gasteiger partial charge on any atom is -0.392 e. The second-order valence-electron chi connectivity index (χ2n) is 6.26. The van der Waals surface area contributed by atoms with Gasteiger partial charge in [0.15, 0.2) is 0 Å². The smallest absolute Gasteiger partial charge is 0.322 e. The van der Waals surface area contributed by atoms with Gasteiger partial charge in [0.1, 0.15) is 0 Å². The van der Waals surface area contributed by atoms with Crippen molar-refractivity contribution in [2.75, 3.05) is 37.8 Å². The molecule has 1 aromatic carbocycles. The van der Waals surface area contributed by atoms with Gasteiger partial charge in [-0.15, -0.1) is 11.8 Å². The van der Waals surface area contributed by atoms with Crippen LogP contribution in [-0.4, -0.2) is 65.5 Å². The lowest BCUT2D eigenvalue weighted by molar-refractivity contribution is 0.0692. The Kier molecular flexibility index (Phi) is 6.33. The first kappa shape index (κ1) is 18.1. The zero-order valence-electron chi connectivity index (χ0n) is 14.4. The Balaban J connectivity index is 1.99. The van der Waals surface area contributed by atoms with E-state index in [1.165, 1.54) is 0 Å². The number of hydrogen-bond donors (Lipinski definition) is 2. The monoisotopic (exact) mass is 337 g/mol. The molecule has 1 aliphatic heterocycles. The number of hydrogen-bond acceptors (Lipinski definition) is 4. The molecule has 1 fully saturated rings. The molecule has 5 nitrogen and oxygen atoms in total. The molecule has 0 spiro atoms. The molecule has 0 unspecified atom stereocenters. The normalized spacial score (nSPS) is 20.4. The van der Waals surface area contributed by atoms with Crippen LogP contribution in [0.2, 0.25) is 0 Å². The first-order valence-electron chi connectivity index (χ1n) is 8.03. The van der Waals surface area contributed by atoms with Gasteiger partial charge < -0.3 is 15.3 Å². The van der Waals surface area contributed by atoms with Crippen LogP contribution >= 0.6 is 11.8 Å². The maximum absolute atomic E-state index is 12.6. The number of carbonyl (C=O) groups is 1. The number of carbonyl (C=O) groups excluding carboxylic acids is 1. The molecule has 6 heteroatoms. The molecule has 1 heterocycles. The van der Waals surface area contributed by atoms with E-state index in [2.05, 4.69) is 23.2 Å². The largest absolute Gasteiger partial charge is 0.392 e. The molecule has 2 rings (SSSR count). The van der Waals surface area contributed by atoms with Gasteiger partial charge in [-0.1, -0.05) is 6.07 Å². The number of thioether (sulfide) groups is 1. The van der Waals surface area contributed by atoms with Crippen LogP contribution < -0.4 is 5.32 Å². The van der Waals surface area contributed by atoms with Gasteiger partial charge in [0, 0.05) is 42.8 Å². The molecule has 1 aromatic rings. The maximum Gasteiger partial charge on any atom is 0.322 e. The van der Waals surface area contributed by atoms with Crippen molar-refractivity contribution in [2.45, 2.75) is 37.8 Å². The molecule has 2 N–H and O–H groups in total. The summed E-state index contributed by atoms with van der Waals surface area (Å²) in [5.74, 6) is 0. The fourth-order valence-electron chi connectivity index (χ4n) is 2.92. The predicted octanol–water partition coefficient (Wildman–Crippen LogP) is 2.64. The third-order valence-electron chi connectivity index (χ3n) is 4.18. The average Bonchev–Trinajstić information content (AvgIpc) is 2.48. The first-order valence-corrected chi connectivity index (χ1v) is 9.26. The molecule has 0 aliphatic carbocycles. The van der Waals surface area contributed by atoms with Crippen LogP contribution in [0.3, 0.4) is 0 Å². The number of amides is 2. The van der Waals surface area contributed by atoms with E-state index in [1.807, 2.05) is 30.2 Å². The summed E-state index contributed by atoms with van der Waals surface area (Å²) in [6, 6.07) is 6.20. The molecule has 1 saturated heterocycles. The summed E-state index contributed by atoms with van der Waals surface area (Å²) in [4.78, 5) is 17.8. The lowest BCUT2D eigenvalue weighted by Gasteiger charge is -2.40. The summed E-state index contributed by atoms with van der Waals surface area (Å²) < 4.78 is 0. The summed E-state index contributed by atoms with van der Waals surface area (Å²) in [6.07, 6.45) is 1.69. The van der Waals surface area contributed by atoms with Gasteiger partial charge in [-0.3, -0.25) is 4.90 Å². The lowest BCUT2D eigenvalue weighted by atomic mass is 10.1. The van der Waals surface area contributed by atoms with Crippen LogP contribution in [0.15, 0.2) is 23.1 Å². The van der Waals surface area contributed by atoms with E-state index in [4.69, 9.17) is 0 Å². The van der Waals surface area contributed by atoms with E-state index in [0.717, 1.165) is 29.2 Å². The number of benzene rings is 1. The van der Waals surface area contributed by atoms with Crippen molar-refractivity contribution in [1.82, 2.24) is 9.80 Å². The van der Waals surface area contributed by atoms with E-state index in [0.29, 0.717) is 13.1 Å². The number of aliphatic hydroxyl groups excluding tert-OH is 1. The van der Waals surface area contributed by atoms with Crippen LogP contribution in [0.1, 0.15) is 19.4 Å². The molecule has 0 aromatic heterocycles. The molecule has 23 heavy (non-hydrogen) atoms. The zero-order chi connectivity index (χ0) is 17.0. The fourth-order valence-corrected chi connectivity index (χ4v) is 3.36. The molecule has 2 amide bonds. The summed E-state index contributed by atoms with van der Waals surface area (Å²) in [6.45, 7) is 8.79. The Morgan fingerprint density at radius 1 is 1.48 bits per heavy atom. The SMILES string of the molecule is CSc1ccc(C)c(NC(=O)N2CCN(C[C@H](C)O)C[C@@H]2C)c1. The predicted molar refractivity (Wildman–Crippen MR) is 96.3 cm³/mol. The van der Waals surface area contributed by atoms with E-state index in [1.54, 1.807) is 18.7 Å². The number of aliphatic hydroxyl groups is 1. The Hall–Kier alpha value is -1.24. The van der Waals surface area contributed by atoms with Crippen molar-refractivity contribution >= 4 is 23.5 Å². The van der Waals surface area contributed by atoms with Crippen LogP contribution in [0.25, 0.3) is 0 Å². The molecule has 2 atom stereocenters. The summed E-state index contributed by atoms with van der Waals surface area (Å²) in [5, 5.41) is 12.6. The van der Waals surface area contributed by atoms with Crippen molar-refractivity contribution in [2.24, 2.45) is 0 Å². The highest BCUT2D eigenvalue weighted by atomic mass is 32.2. The van der Waals surface area contributed by atoms with Crippen LogP contribution in [0.5, 0.6) is 0 Å².